The first-order valence-corrected chi connectivity index (χ1v) is 10.8. The predicted molar refractivity (Wildman–Crippen MR) is 106 cm³/mol. The van der Waals surface area contributed by atoms with E-state index in [9.17, 15) is 13.2 Å². The molecule has 1 aliphatic rings. The Balaban J connectivity index is 1.43. The van der Waals surface area contributed by atoms with Gasteiger partial charge in [-0.1, -0.05) is 48.5 Å². The van der Waals surface area contributed by atoms with Crippen molar-refractivity contribution in [1.29, 1.82) is 0 Å². The SMILES string of the molecule is O=C(c1c[nH]c2ccccc12)C1CCN(S(=O)(=O)Cc2ccccc2)CC1. The van der Waals surface area contributed by atoms with Crippen molar-refractivity contribution in [1.82, 2.24) is 9.29 Å². The number of para-hydroxylation sites is 1. The Morgan fingerprint density at radius 1 is 1.00 bits per heavy atom. The van der Waals surface area contributed by atoms with Gasteiger partial charge in [-0.15, -0.1) is 0 Å². The van der Waals surface area contributed by atoms with Crippen molar-refractivity contribution in [3.8, 4) is 0 Å². The fraction of sp³-hybridized carbons (Fsp3) is 0.286. The van der Waals surface area contributed by atoms with Gasteiger partial charge in [-0.25, -0.2) is 12.7 Å². The Bertz CT molecular complexity index is 1050. The molecule has 1 fully saturated rings. The summed E-state index contributed by atoms with van der Waals surface area (Å²) in [5, 5.41) is 0.932. The average Bonchev–Trinajstić information content (AvgIpc) is 3.12. The summed E-state index contributed by atoms with van der Waals surface area (Å²) in [5.74, 6) is -0.0190. The number of Topliss-reactive ketones (excluding diaryl/α,β-unsaturated/α-hetero) is 1. The fourth-order valence-corrected chi connectivity index (χ4v) is 5.33. The smallest absolute Gasteiger partial charge is 0.218 e. The van der Waals surface area contributed by atoms with Crippen LogP contribution in [-0.2, 0) is 15.8 Å². The second-order valence-electron chi connectivity index (χ2n) is 7.03. The Labute approximate surface area is 159 Å². The van der Waals surface area contributed by atoms with E-state index in [2.05, 4.69) is 4.98 Å². The van der Waals surface area contributed by atoms with Crippen LogP contribution in [-0.4, -0.2) is 36.6 Å². The number of aromatic nitrogens is 1. The number of H-pyrrole nitrogens is 1. The number of rotatable bonds is 5. The first-order chi connectivity index (χ1) is 13.0. The molecule has 1 saturated heterocycles. The molecule has 0 saturated carbocycles. The van der Waals surface area contributed by atoms with Crippen molar-refractivity contribution in [3.05, 3.63) is 71.9 Å². The van der Waals surface area contributed by atoms with E-state index < -0.39 is 10.0 Å². The topological polar surface area (TPSA) is 70.2 Å². The van der Waals surface area contributed by atoms with Crippen molar-refractivity contribution < 1.29 is 13.2 Å². The molecule has 4 rings (SSSR count). The predicted octanol–water partition coefficient (Wildman–Crippen LogP) is 3.59. The normalized spacial score (nSPS) is 16.6. The van der Waals surface area contributed by atoms with Crippen LogP contribution in [0.1, 0.15) is 28.8 Å². The van der Waals surface area contributed by atoms with Crippen molar-refractivity contribution in [2.75, 3.05) is 13.1 Å². The van der Waals surface area contributed by atoms with Gasteiger partial charge in [0.1, 0.15) is 0 Å². The molecule has 140 valence electrons. The number of fused-ring (bicyclic) bond motifs is 1. The van der Waals surface area contributed by atoms with Crippen LogP contribution in [0.25, 0.3) is 10.9 Å². The van der Waals surface area contributed by atoms with Crippen LogP contribution >= 0.6 is 0 Å². The van der Waals surface area contributed by atoms with Crippen LogP contribution in [0.2, 0.25) is 0 Å². The molecule has 1 aliphatic heterocycles. The third kappa shape index (κ3) is 3.68. The number of hydrogen-bond donors (Lipinski definition) is 1. The number of piperidine rings is 1. The standard InChI is InChI=1S/C21H22N2O3S/c24-21(19-14-22-20-9-5-4-8-18(19)20)17-10-12-23(13-11-17)27(25,26)15-16-6-2-1-3-7-16/h1-9,14,17,22H,10-13,15H2. The molecule has 6 heteroatoms. The summed E-state index contributed by atoms with van der Waals surface area (Å²) in [6.07, 6.45) is 2.89. The third-order valence-corrected chi connectivity index (χ3v) is 7.11. The summed E-state index contributed by atoms with van der Waals surface area (Å²) in [7, 11) is -3.36. The molecular weight excluding hydrogens is 360 g/mol. The maximum Gasteiger partial charge on any atom is 0.218 e. The summed E-state index contributed by atoms with van der Waals surface area (Å²) >= 11 is 0. The molecule has 0 unspecified atom stereocenters. The molecule has 0 aliphatic carbocycles. The molecule has 0 bridgehead atoms. The van der Waals surface area contributed by atoms with Crippen molar-refractivity contribution in [2.24, 2.45) is 5.92 Å². The number of carbonyl (C=O) groups excluding carboxylic acids is 1. The van der Waals surface area contributed by atoms with Gasteiger partial charge in [0.05, 0.1) is 5.75 Å². The highest BCUT2D eigenvalue weighted by Gasteiger charge is 2.32. The summed E-state index contributed by atoms with van der Waals surface area (Å²) in [6.45, 7) is 0.794. The number of carbonyl (C=O) groups is 1. The van der Waals surface area contributed by atoms with Gasteiger partial charge in [0, 0.05) is 41.7 Å². The zero-order chi connectivity index (χ0) is 18.9. The van der Waals surface area contributed by atoms with Gasteiger partial charge in [0.15, 0.2) is 5.78 Å². The molecular formula is C21H22N2O3S. The number of sulfonamides is 1. The van der Waals surface area contributed by atoms with E-state index in [-0.39, 0.29) is 17.5 Å². The number of aromatic amines is 1. The maximum atomic E-state index is 12.9. The van der Waals surface area contributed by atoms with Gasteiger partial charge in [0.2, 0.25) is 10.0 Å². The molecule has 0 atom stereocenters. The van der Waals surface area contributed by atoms with Crippen LogP contribution in [0.4, 0.5) is 0 Å². The Morgan fingerprint density at radius 2 is 1.67 bits per heavy atom. The van der Waals surface area contributed by atoms with Gasteiger partial charge in [-0.2, -0.15) is 0 Å². The van der Waals surface area contributed by atoms with Crippen molar-refractivity contribution in [3.63, 3.8) is 0 Å². The maximum absolute atomic E-state index is 12.9. The van der Waals surface area contributed by atoms with E-state index in [1.165, 1.54) is 4.31 Å². The second kappa shape index (κ2) is 7.29. The molecule has 0 radical (unpaired) electrons. The summed E-state index contributed by atoms with van der Waals surface area (Å²) < 4.78 is 26.9. The zero-order valence-electron chi connectivity index (χ0n) is 15.0. The monoisotopic (exact) mass is 382 g/mol. The van der Waals surface area contributed by atoms with E-state index in [1.807, 2.05) is 54.6 Å². The first-order valence-electron chi connectivity index (χ1n) is 9.17. The van der Waals surface area contributed by atoms with Crippen LogP contribution in [0.15, 0.2) is 60.8 Å². The lowest BCUT2D eigenvalue weighted by Crippen LogP contribution is -2.40. The third-order valence-electron chi connectivity index (χ3n) is 5.26. The molecule has 2 aromatic carbocycles. The van der Waals surface area contributed by atoms with Gasteiger partial charge in [0.25, 0.3) is 0 Å². The minimum absolute atomic E-state index is 0.00883. The Hall–Kier alpha value is -2.44. The van der Waals surface area contributed by atoms with Crippen LogP contribution in [0, 0.1) is 5.92 Å². The summed E-state index contributed by atoms with van der Waals surface area (Å²) in [6, 6.07) is 17.0. The molecule has 1 aromatic heterocycles. The highest BCUT2D eigenvalue weighted by atomic mass is 32.2. The molecule has 27 heavy (non-hydrogen) atoms. The average molecular weight is 382 g/mol. The van der Waals surface area contributed by atoms with Gasteiger partial charge in [-0.3, -0.25) is 4.79 Å². The first kappa shape index (κ1) is 17.9. The van der Waals surface area contributed by atoms with Crippen LogP contribution in [0.3, 0.4) is 0 Å². The molecule has 5 nitrogen and oxygen atoms in total. The molecule has 0 amide bonds. The molecule has 3 aromatic rings. The van der Waals surface area contributed by atoms with E-state index in [1.54, 1.807) is 6.20 Å². The number of nitrogens with one attached hydrogen (secondary N) is 1. The second-order valence-corrected chi connectivity index (χ2v) is 9.00. The fourth-order valence-electron chi connectivity index (χ4n) is 3.77. The lowest BCUT2D eigenvalue weighted by Gasteiger charge is -2.30. The van der Waals surface area contributed by atoms with Gasteiger partial charge in [-0.05, 0) is 24.5 Å². The van der Waals surface area contributed by atoms with E-state index in [0.29, 0.717) is 31.5 Å². The molecule has 0 spiro atoms. The van der Waals surface area contributed by atoms with E-state index in [0.717, 1.165) is 16.5 Å². The molecule has 1 N–H and O–H groups in total. The van der Waals surface area contributed by atoms with Gasteiger partial charge >= 0.3 is 0 Å². The van der Waals surface area contributed by atoms with E-state index in [4.69, 9.17) is 0 Å². The Morgan fingerprint density at radius 3 is 2.41 bits per heavy atom. The molecule has 2 heterocycles. The van der Waals surface area contributed by atoms with Crippen LogP contribution in [0.5, 0.6) is 0 Å². The van der Waals surface area contributed by atoms with Crippen molar-refractivity contribution in [2.45, 2.75) is 18.6 Å². The quantitative estimate of drug-likeness (QED) is 0.686. The number of nitrogens with zero attached hydrogens (tertiary/aromatic N) is 1. The van der Waals surface area contributed by atoms with Crippen molar-refractivity contribution >= 4 is 26.7 Å². The number of hydrogen-bond acceptors (Lipinski definition) is 3. The van der Waals surface area contributed by atoms with E-state index >= 15 is 0 Å². The summed E-state index contributed by atoms with van der Waals surface area (Å²) in [4.78, 5) is 16.1. The minimum atomic E-state index is -3.36. The number of ketones is 1. The lowest BCUT2D eigenvalue weighted by atomic mass is 9.89. The lowest BCUT2D eigenvalue weighted by molar-refractivity contribution is 0.0877. The zero-order valence-corrected chi connectivity index (χ0v) is 15.8. The summed E-state index contributed by atoms with van der Waals surface area (Å²) in [5.41, 5.74) is 2.44. The van der Waals surface area contributed by atoms with Gasteiger partial charge < -0.3 is 4.98 Å². The van der Waals surface area contributed by atoms with Crippen LogP contribution < -0.4 is 0 Å². The largest absolute Gasteiger partial charge is 0.360 e. The number of benzene rings is 2. The highest BCUT2D eigenvalue weighted by molar-refractivity contribution is 7.88. The minimum Gasteiger partial charge on any atom is -0.360 e. The highest BCUT2D eigenvalue weighted by Crippen LogP contribution is 2.27. The Kier molecular flexibility index (Phi) is 4.85.